The molecule has 1 aliphatic heterocycles. The van der Waals surface area contributed by atoms with Crippen molar-refractivity contribution in [3.63, 3.8) is 0 Å². The van der Waals surface area contributed by atoms with Gasteiger partial charge in [0, 0.05) is 32.7 Å². The number of hydrogen-bond donors (Lipinski definition) is 0. The molecule has 24 heavy (non-hydrogen) atoms. The number of hydrogen-bond acceptors (Lipinski definition) is 4. The van der Waals surface area contributed by atoms with Crippen molar-refractivity contribution >= 4 is 6.09 Å². The second-order valence-electron chi connectivity index (χ2n) is 6.82. The molecule has 0 aliphatic carbocycles. The second kappa shape index (κ2) is 9.52. The van der Waals surface area contributed by atoms with Crippen LogP contribution in [-0.4, -0.2) is 61.8 Å². The van der Waals surface area contributed by atoms with E-state index in [4.69, 9.17) is 9.47 Å². The maximum Gasteiger partial charge on any atom is 0.409 e. The van der Waals surface area contributed by atoms with Gasteiger partial charge in [-0.15, -0.1) is 0 Å². The lowest BCUT2D eigenvalue weighted by molar-refractivity contribution is 0.0929. The number of ether oxygens (including phenoxy) is 2. The monoisotopic (exact) mass is 334 g/mol. The third kappa shape index (κ3) is 6.40. The Kier molecular flexibility index (Phi) is 7.37. The minimum atomic E-state index is -0.179. The van der Waals surface area contributed by atoms with Crippen LogP contribution in [0.5, 0.6) is 5.75 Å². The van der Waals surface area contributed by atoms with Crippen LogP contribution in [0.25, 0.3) is 0 Å². The summed E-state index contributed by atoms with van der Waals surface area (Å²) in [6, 6.07) is 8.11. The van der Waals surface area contributed by atoms with E-state index >= 15 is 0 Å². The molecule has 1 heterocycles. The molecule has 134 valence electrons. The molecule has 2 rings (SSSR count). The average Bonchev–Trinajstić information content (AvgIpc) is 2.78. The highest BCUT2D eigenvalue weighted by Crippen LogP contribution is 2.12. The van der Waals surface area contributed by atoms with E-state index in [0.29, 0.717) is 19.1 Å². The van der Waals surface area contributed by atoms with Gasteiger partial charge in [-0.2, -0.15) is 0 Å². The lowest BCUT2D eigenvalue weighted by Gasteiger charge is -2.22. The molecule has 5 nitrogen and oxygen atoms in total. The Morgan fingerprint density at radius 1 is 1.21 bits per heavy atom. The van der Waals surface area contributed by atoms with E-state index in [1.807, 2.05) is 30.9 Å². The molecular formula is C19H30N2O3. The van der Waals surface area contributed by atoms with E-state index in [0.717, 1.165) is 44.9 Å². The molecule has 1 aliphatic rings. The lowest BCUT2D eigenvalue weighted by atomic mass is 10.2. The van der Waals surface area contributed by atoms with Gasteiger partial charge in [-0.3, -0.25) is 4.90 Å². The van der Waals surface area contributed by atoms with E-state index in [2.05, 4.69) is 24.0 Å². The van der Waals surface area contributed by atoms with Crippen LogP contribution in [0.15, 0.2) is 24.3 Å². The van der Waals surface area contributed by atoms with Crippen molar-refractivity contribution in [3.05, 3.63) is 29.8 Å². The van der Waals surface area contributed by atoms with Crippen LogP contribution in [-0.2, 0) is 4.74 Å². The fourth-order valence-corrected chi connectivity index (χ4v) is 2.70. The van der Waals surface area contributed by atoms with Crippen LogP contribution in [0.3, 0.4) is 0 Å². The number of carbonyl (C=O) groups is 1. The molecule has 1 aromatic carbocycles. The normalized spacial score (nSPS) is 16.1. The molecule has 5 heteroatoms. The molecule has 1 saturated heterocycles. The predicted octanol–water partition coefficient (Wildman–Crippen LogP) is 3.17. The highest BCUT2D eigenvalue weighted by Gasteiger charge is 2.20. The van der Waals surface area contributed by atoms with E-state index in [1.54, 1.807) is 0 Å². The minimum absolute atomic E-state index is 0.179. The van der Waals surface area contributed by atoms with E-state index < -0.39 is 0 Å². The maximum atomic E-state index is 12.1. The summed E-state index contributed by atoms with van der Waals surface area (Å²) in [5.41, 5.74) is 1.21. The molecule has 0 saturated carbocycles. The summed E-state index contributed by atoms with van der Waals surface area (Å²) in [5.74, 6) is 1.29. The molecule has 0 atom stereocenters. The molecule has 1 fully saturated rings. The number of rotatable bonds is 6. The fraction of sp³-hybridized carbons (Fsp3) is 0.632. The van der Waals surface area contributed by atoms with Crippen LogP contribution in [0.1, 0.15) is 25.8 Å². The standard InChI is InChI=1S/C19H30N2O3/c1-16(2)15-24-19(22)21-9-5-8-20(10-11-21)12-13-23-18-7-4-6-17(3)14-18/h4,6-7,14,16H,5,8-13,15H2,1-3H3. The smallest absolute Gasteiger partial charge is 0.409 e. The van der Waals surface area contributed by atoms with Crippen LogP contribution in [0, 0.1) is 12.8 Å². The first-order valence-electron chi connectivity index (χ1n) is 8.88. The Hall–Kier alpha value is -1.75. The van der Waals surface area contributed by atoms with Gasteiger partial charge in [-0.1, -0.05) is 26.0 Å². The van der Waals surface area contributed by atoms with Crippen LogP contribution in [0.4, 0.5) is 4.79 Å². The fourth-order valence-electron chi connectivity index (χ4n) is 2.70. The van der Waals surface area contributed by atoms with E-state index in [9.17, 15) is 4.79 Å². The molecular weight excluding hydrogens is 304 g/mol. The van der Waals surface area contributed by atoms with Crippen molar-refractivity contribution in [1.29, 1.82) is 0 Å². The zero-order valence-electron chi connectivity index (χ0n) is 15.2. The summed E-state index contributed by atoms with van der Waals surface area (Å²) in [4.78, 5) is 16.2. The third-order valence-electron chi connectivity index (χ3n) is 4.05. The topological polar surface area (TPSA) is 42.0 Å². The van der Waals surface area contributed by atoms with Gasteiger partial charge < -0.3 is 14.4 Å². The molecule has 0 spiro atoms. The average molecular weight is 334 g/mol. The van der Waals surface area contributed by atoms with Gasteiger partial charge in [0.2, 0.25) is 0 Å². The highest BCUT2D eigenvalue weighted by molar-refractivity contribution is 5.67. The van der Waals surface area contributed by atoms with Gasteiger partial charge in [0.1, 0.15) is 12.4 Å². The van der Waals surface area contributed by atoms with Gasteiger partial charge in [-0.05, 0) is 37.0 Å². The van der Waals surface area contributed by atoms with E-state index in [-0.39, 0.29) is 6.09 Å². The quantitative estimate of drug-likeness (QED) is 0.801. The van der Waals surface area contributed by atoms with Crippen molar-refractivity contribution in [2.45, 2.75) is 27.2 Å². The SMILES string of the molecule is Cc1cccc(OCCN2CCCN(C(=O)OCC(C)C)CC2)c1. The lowest BCUT2D eigenvalue weighted by Crippen LogP contribution is -2.37. The number of carbonyl (C=O) groups excluding carboxylic acids is 1. The number of aryl methyl sites for hydroxylation is 1. The summed E-state index contributed by atoms with van der Waals surface area (Å²) in [5, 5.41) is 0. The van der Waals surface area contributed by atoms with Crippen molar-refractivity contribution in [2.75, 3.05) is 45.9 Å². The molecule has 0 aromatic heterocycles. The van der Waals surface area contributed by atoms with Gasteiger partial charge in [0.25, 0.3) is 0 Å². The van der Waals surface area contributed by atoms with Gasteiger partial charge in [0.15, 0.2) is 0 Å². The van der Waals surface area contributed by atoms with Gasteiger partial charge in [-0.25, -0.2) is 4.79 Å². The molecule has 0 bridgehead atoms. The zero-order valence-corrected chi connectivity index (χ0v) is 15.2. The summed E-state index contributed by atoms with van der Waals surface area (Å²) in [7, 11) is 0. The summed E-state index contributed by atoms with van der Waals surface area (Å²) >= 11 is 0. The minimum Gasteiger partial charge on any atom is -0.492 e. The second-order valence-corrected chi connectivity index (χ2v) is 6.82. The highest BCUT2D eigenvalue weighted by atomic mass is 16.6. The number of amides is 1. The first-order chi connectivity index (χ1) is 11.5. The predicted molar refractivity (Wildman–Crippen MR) is 95.5 cm³/mol. The molecule has 1 amide bonds. The van der Waals surface area contributed by atoms with Crippen LogP contribution < -0.4 is 4.74 Å². The number of benzene rings is 1. The van der Waals surface area contributed by atoms with E-state index in [1.165, 1.54) is 5.56 Å². The van der Waals surface area contributed by atoms with Crippen molar-refractivity contribution < 1.29 is 14.3 Å². The summed E-state index contributed by atoms with van der Waals surface area (Å²) < 4.78 is 11.2. The Balaban J connectivity index is 1.70. The first-order valence-corrected chi connectivity index (χ1v) is 8.88. The zero-order chi connectivity index (χ0) is 17.4. The first kappa shape index (κ1) is 18.6. The maximum absolute atomic E-state index is 12.1. The van der Waals surface area contributed by atoms with Gasteiger partial charge in [0.05, 0.1) is 6.61 Å². The Morgan fingerprint density at radius 2 is 2.04 bits per heavy atom. The van der Waals surface area contributed by atoms with Crippen molar-refractivity contribution in [3.8, 4) is 5.75 Å². The Labute approximate surface area is 145 Å². The summed E-state index contributed by atoms with van der Waals surface area (Å²) in [6.07, 6.45) is 0.794. The van der Waals surface area contributed by atoms with Gasteiger partial charge >= 0.3 is 6.09 Å². The van der Waals surface area contributed by atoms with Crippen LogP contribution in [0.2, 0.25) is 0 Å². The Bertz CT molecular complexity index is 519. The summed E-state index contributed by atoms with van der Waals surface area (Å²) in [6.45, 7) is 11.5. The molecule has 1 aromatic rings. The third-order valence-corrected chi connectivity index (χ3v) is 4.05. The van der Waals surface area contributed by atoms with Crippen LogP contribution >= 0.6 is 0 Å². The molecule has 0 N–H and O–H groups in total. The number of nitrogens with zero attached hydrogens (tertiary/aromatic N) is 2. The largest absolute Gasteiger partial charge is 0.492 e. The van der Waals surface area contributed by atoms with Crippen molar-refractivity contribution in [1.82, 2.24) is 9.80 Å². The Morgan fingerprint density at radius 3 is 2.79 bits per heavy atom. The molecule has 0 unspecified atom stereocenters. The molecule has 0 radical (unpaired) electrons. The van der Waals surface area contributed by atoms with Crippen molar-refractivity contribution in [2.24, 2.45) is 5.92 Å².